The molecular formula is C32H40N4O3. The first-order chi connectivity index (χ1) is 18.9. The highest BCUT2D eigenvalue weighted by molar-refractivity contribution is 5.89. The van der Waals surface area contributed by atoms with Crippen molar-refractivity contribution in [3.8, 4) is 11.5 Å². The zero-order chi connectivity index (χ0) is 27.4. The summed E-state index contributed by atoms with van der Waals surface area (Å²) < 4.78 is 11.2. The number of hydrogen-bond donors (Lipinski definition) is 2. The van der Waals surface area contributed by atoms with Gasteiger partial charge >= 0.3 is 6.03 Å². The van der Waals surface area contributed by atoms with E-state index in [1.54, 1.807) is 14.2 Å². The number of hydrogen-bond acceptors (Lipinski definition) is 5. The molecule has 0 aromatic heterocycles. The lowest BCUT2D eigenvalue weighted by atomic mass is 9.65. The van der Waals surface area contributed by atoms with Crippen LogP contribution in [0.2, 0.25) is 0 Å². The van der Waals surface area contributed by atoms with Gasteiger partial charge < -0.3 is 25.0 Å². The molecule has 2 amide bonds. The van der Waals surface area contributed by atoms with Crippen LogP contribution in [0.1, 0.15) is 36.8 Å². The van der Waals surface area contributed by atoms with Crippen LogP contribution in [-0.2, 0) is 12.0 Å². The highest BCUT2D eigenvalue weighted by Gasteiger charge is 2.51. The van der Waals surface area contributed by atoms with Crippen LogP contribution in [-0.4, -0.2) is 57.9 Å². The quantitative estimate of drug-likeness (QED) is 0.395. The Kier molecular flexibility index (Phi) is 7.98. The molecule has 3 aromatic rings. The Morgan fingerprint density at radius 3 is 2.41 bits per heavy atom. The van der Waals surface area contributed by atoms with Gasteiger partial charge in [0.2, 0.25) is 0 Å². The second kappa shape index (κ2) is 11.6. The largest absolute Gasteiger partial charge is 0.493 e. The van der Waals surface area contributed by atoms with Crippen molar-refractivity contribution < 1.29 is 14.3 Å². The summed E-state index contributed by atoms with van der Waals surface area (Å²) in [6.45, 7) is 1.92. The van der Waals surface area contributed by atoms with Crippen LogP contribution in [0.5, 0.6) is 11.5 Å². The van der Waals surface area contributed by atoms with Gasteiger partial charge in [-0.05, 0) is 79.8 Å². The maximum atomic E-state index is 13.0. The number of benzene rings is 3. The average molecular weight is 529 g/mol. The van der Waals surface area contributed by atoms with Crippen molar-refractivity contribution in [3.63, 3.8) is 0 Å². The molecule has 206 valence electrons. The van der Waals surface area contributed by atoms with E-state index >= 15 is 0 Å². The van der Waals surface area contributed by atoms with Crippen LogP contribution < -0.4 is 25.0 Å². The van der Waals surface area contributed by atoms with E-state index in [1.807, 2.05) is 49.3 Å². The van der Waals surface area contributed by atoms with Gasteiger partial charge in [0.05, 0.1) is 14.2 Å². The van der Waals surface area contributed by atoms with Gasteiger partial charge in [-0.1, -0.05) is 36.4 Å². The lowest BCUT2D eigenvalue weighted by Crippen LogP contribution is -2.52. The van der Waals surface area contributed by atoms with Crippen molar-refractivity contribution in [2.45, 2.75) is 49.7 Å². The molecule has 2 fully saturated rings. The van der Waals surface area contributed by atoms with Gasteiger partial charge in [-0.3, -0.25) is 4.90 Å². The first kappa shape index (κ1) is 26.9. The van der Waals surface area contributed by atoms with Crippen LogP contribution in [0.3, 0.4) is 0 Å². The standard InChI is InChI=1S/C32H40N4O3/c1-35(2)27-13-11-25(12-14-27)33-31(37)34-26-16-17-32(24-10-15-28(38-3)29(20-24)39-4)18-19-36(30(32)21-26)22-23-8-6-5-7-9-23/h5-15,20,26,30H,16-19,21-22H2,1-4H3,(H2,33,34,37)/t26-,30+,32+/m1/s1. The monoisotopic (exact) mass is 528 g/mol. The fourth-order valence-electron chi connectivity index (χ4n) is 6.46. The molecule has 0 radical (unpaired) electrons. The minimum atomic E-state index is -0.149. The molecule has 1 saturated carbocycles. The summed E-state index contributed by atoms with van der Waals surface area (Å²) in [7, 11) is 7.38. The molecule has 0 bridgehead atoms. The first-order valence-electron chi connectivity index (χ1n) is 13.8. The van der Waals surface area contributed by atoms with Crippen molar-refractivity contribution in [1.82, 2.24) is 10.2 Å². The number of rotatable bonds is 8. The molecule has 3 atom stereocenters. The number of carbonyl (C=O) groups excluding carboxylic acids is 1. The molecule has 7 nitrogen and oxygen atoms in total. The van der Waals surface area contributed by atoms with Crippen LogP contribution in [0.25, 0.3) is 0 Å². The summed E-state index contributed by atoms with van der Waals surface area (Å²) in [5.41, 5.74) is 4.50. The first-order valence-corrected chi connectivity index (χ1v) is 13.8. The van der Waals surface area contributed by atoms with E-state index in [1.165, 1.54) is 11.1 Å². The second-order valence-corrected chi connectivity index (χ2v) is 11.0. The predicted molar refractivity (Wildman–Crippen MR) is 157 cm³/mol. The van der Waals surface area contributed by atoms with E-state index in [9.17, 15) is 4.79 Å². The van der Waals surface area contributed by atoms with Crippen molar-refractivity contribution >= 4 is 17.4 Å². The van der Waals surface area contributed by atoms with Crippen molar-refractivity contribution in [3.05, 3.63) is 83.9 Å². The highest BCUT2D eigenvalue weighted by Crippen LogP contribution is 2.50. The number of methoxy groups -OCH3 is 2. The zero-order valence-corrected chi connectivity index (χ0v) is 23.4. The van der Waals surface area contributed by atoms with Gasteiger partial charge in [-0.25, -0.2) is 4.79 Å². The normalized spacial score (nSPS) is 22.6. The SMILES string of the molecule is COc1ccc([C@@]23CC[C@@H](NC(=O)Nc4ccc(N(C)C)cc4)C[C@@H]2N(Cc2ccccc2)CC3)cc1OC. The molecule has 1 aliphatic carbocycles. The number of nitrogens with one attached hydrogen (secondary N) is 2. The smallest absolute Gasteiger partial charge is 0.319 e. The van der Waals surface area contributed by atoms with Gasteiger partial charge in [0.25, 0.3) is 0 Å². The van der Waals surface area contributed by atoms with Crippen LogP contribution in [0, 0.1) is 0 Å². The Bertz CT molecular complexity index is 1260. The summed E-state index contributed by atoms with van der Waals surface area (Å²) in [6.07, 6.45) is 3.91. The molecule has 3 aromatic carbocycles. The molecule has 1 aliphatic heterocycles. The number of fused-ring (bicyclic) bond motifs is 1. The number of likely N-dealkylation sites (tertiary alicyclic amines) is 1. The van der Waals surface area contributed by atoms with Crippen LogP contribution in [0.15, 0.2) is 72.8 Å². The maximum absolute atomic E-state index is 13.0. The van der Waals surface area contributed by atoms with E-state index in [0.717, 1.165) is 61.6 Å². The van der Waals surface area contributed by atoms with E-state index in [2.05, 4.69) is 58.0 Å². The Morgan fingerprint density at radius 2 is 1.72 bits per heavy atom. The zero-order valence-electron chi connectivity index (χ0n) is 23.4. The molecular weight excluding hydrogens is 488 g/mol. The minimum Gasteiger partial charge on any atom is -0.493 e. The summed E-state index contributed by atoms with van der Waals surface area (Å²) in [5, 5.41) is 6.30. The third kappa shape index (κ3) is 5.69. The Balaban J connectivity index is 1.35. The highest BCUT2D eigenvalue weighted by atomic mass is 16.5. The second-order valence-electron chi connectivity index (χ2n) is 11.0. The number of amides is 2. The molecule has 0 spiro atoms. The number of nitrogens with zero attached hydrogens (tertiary/aromatic N) is 2. The van der Waals surface area contributed by atoms with Gasteiger partial charge in [0.1, 0.15) is 0 Å². The van der Waals surface area contributed by atoms with Crippen molar-refractivity contribution in [1.29, 1.82) is 0 Å². The van der Waals surface area contributed by atoms with Gasteiger partial charge in [0.15, 0.2) is 11.5 Å². The summed E-state index contributed by atoms with van der Waals surface area (Å²) in [4.78, 5) is 17.6. The van der Waals surface area contributed by atoms with Crippen molar-refractivity contribution in [2.24, 2.45) is 0 Å². The average Bonchev–Trinajstić information content (AvgIpc) is 3.32. The molecule has 1 heterocycles. The van der Waals surface area contributed by atoms with Gasteiger partial charge in [0, 0.05) is 49.5 Å². The fraction of sp³-hybridized carbons (Fsp3) is 0.406. The summed E-state index contributed by atoms with van der Waals surface area (Å²) in [6, 6.07) is 25.2. The lowest BCUT2D eigenvalue weighted by molar-refractivity contribution is 0.131. The molecule has 1 saturated heterocycles. The van der Waals surface area contributed by atoms with E-state index in [0.29, 0.717) is 6.04 Å². The van der Waals surface area contributed by atoms with Gasteiger partial charge in [-0.15, -0.1) is 0 Å². The topological polar surface area (TPSA) is 66.1 Å². The molecule has 2 aliphatic rings. The summed E-state index contributed by atoms with van der Waals surface area (Å²) in [5.74, 6) is 1.52. The summed E-state index contributed by atoms with van der Waals surface area (Å²) >= 11 is 0. The number of anilines is 2. The predicted octanol–water partition coefficient (Wildman–Crippen LogP) is 5.66. The van der Waals surface area contributed by atoms with Gasteiger partial charge in [-0.2, -0.15) is 0 Å². The fourth-order valence-corrected chi connectivity index (χ4v) is 6.46. The van der Waals surface area contributed by atoms with Crippen LogP contribution >= 0.6 is 0 Å². The third-order valence-electron chi connectivity index (χ3n) is 8.53. The molecule has 7 heteroatoms. The maximum Gasteiger partial charge on any atom is 0.319 e. The van der Waals surface area contributed by atoms with E-state index in [4.69, 9.17) is 9.47 Å². The van der Waals surface area contributed by atoms with Crippen molar-refractivity contribution in [2.75, 3.05) is 45.1 Å². The molecule has 39 heavy (non-hydrogen) atoms. The molecule has 5 rings (SSSR count). The minimum absolute atomic E-state index is 0.00496. The van der Waals surface area contributed by atoms with Crippen LogP contribution in [0.4, 0.5) is 16.2 Å². The Labute approximate surface area is 232 Å². The molecule has 0 unspecified atom stereocenters. The number of urea groups is 1. The number of ether oxygens (including phenoxy) is 2. The Hall–Kier alpha value is -3.71. The third-order valence-corrected chi connectivity index (χ3v) is 8.53. The lowest BCUT2D eigenvalue weighted by Gasteiger charge is -2.45. The molecule has 2 N–H and O–H groups in total. The van der Waals surface area contributed by atoms with E-state index < -0.39 is 0 Å². The van der Waals surface area contributed by atoms with E-state index in [-0.39, 0.29) is 17.5 Å². The number of carbonyl (C=O) groups is 1. The Morgan fingerprint density at radius 1 is 0.974 bits per heavy atom.